The van der Waals surface area contributed by atoms with E-state index in [2.05, 4.69) is 0 Å². The Morgan fingerprint density at radius 1 is 1.20 bits per heavy atom. The van der Waals surface area contributed by atoms with Crippen molar-refractivity contribution in [1.82, 2.24) is 9.80 Å². The number of benzene rings is 1. The van der Waals surface area contributed by atoms with E-state index in [0.717, 1.165) is 0 Å². The van der Waals surface area contributed by atoms with Gasteiger partial charge in [-0.25, -0.2) is 4.79 Å². The van der Waals surface area contributed by atoms with Crippen LogP contribution >= 0.6 is 0 Å². The van der Waals surface area contributed by atoms with Crippen molar-refractivity contribution in [3.05, 3.63) is 29.8 Å². The molecule has 108 valence electrons. The lowest BCUT2D eigenvalue weighted by Gasteiger charge is -2.34. The van der Waals surface area contributed by atoms with E-state index in [0.29, 0.717) is 44.0 Å². The summed E-state index contributed by atoms with van der Waals surface area (Å²) >= 11 is 0. The van der Waals surface area contributed by atoms with Gasteiger partial charge in [0.2, 0.25) is 0 Å². The van der Waals surface area contributed by atoms with E-state index >= 15 is 0 Å². The molecule has 1 aromatic carbocycles. The van der Waals surface area contributed by atoms with Gasteiger partial charge in [0.05, 0.1) is 6.61 Å². The van der Waals surface area contributed by atoms with Crippen LogP contribution in [0.1, 0.15) is 17.3 Å². The number of piperazine rings is 1. The Morgan fingerprint density at radius 3 is 2.45 bits per heavy atom. The fourth-order valence-corrected chi connectivity index (χ4v) is 2.16. The van der Waals surface area contributed by atoms with Crippen LogP contribution in [-0.2, 0) is 4.74 Å². The summed E-state index contributed by atoms with van der Waals surface area (Å²) in [7, 11) is 0. The summed E-state index contributed by atoms with van der Waals surface area (Å²) in [6.07, 6.45) is -0.316. The molecule has 6 nitrogen and oxygen atoms in total. The van der Waals surface area contributed by atoms with Gasteiger partial charge in [0.1, 0.15) is 0 Å². The number of amides is 2. The number of nitrogens with two attached hydrogens (primary N) is 1. The molecule has 20 heavy (non-hydrogen) atoms. The van der Waals surface area contributed by atoms with Crippen molar-refractivity contribution >= 4 is 17.7 Å². The van der Waals surface area contributed by atoms with Crippen molar-refractivity contribution in [2.75, 3.05) is 38.5 Å². The van der Waals surface area contributed by atoms with Gasteiger partial charge in [-0.15, -0.1) is 0 Å². The second-order valence-corrected chi connectivity index (χ2v) is 4.60. The molecule has 0 atom stereocenters. The third kappa shape index (κ3) is 3.20. The van der Waals surface area contributed by atoms with Gasteiger partial charge in [0, 0.05) is 37.4 Å². The lowest BCUT2D eigenvalue weighted by Crippen LogP contribution is -2.50. The highest BCUT2D eigenvalue weighted by molar-refractivity contribution is 5.95. The molecule has 1 saturated heterocycles. The van der Waals surface area contributed by atoms with Crippen LogP contribution in [0.4, 0.5) is 10.5 Å². The van der Waals surface area contributed by atoms with Gasteiger partial charge in [-0.3, -0.25) is 4.79 Å². The summed E-state index contributed by atoms with van der Waals surface area (Å²) in [5, 5.41) is 0. The number of carbonyl (C=O) groups is 2. The average molecular weight is 277 g/mol. The van der Waals surface area contributed by atoms with Gasteiger partial charge in [-0.2, -0.15) is 0 Å². The molecule has 0 spiro atoms. The second kappa shape index (κ2) is 6.27. The van der Waals surface area contributed by atoms with Crippen LogP contribution in [-0.4, -0.2) is 54.6 Å². The van der Waals surface area contributed by atoms with Crippen molar-refractivity contribution in [3.8, 4) is 0 Å². The van der Waals surface area contributed by atoms with Crippen molar-refractivity contribution in [3.63, 3.8) is 0 Å². The maximum atomic E-state index is 12.3. The highest BCUT2D eigenvalue weighted by Gasteiger charge is 2.25. The first-order chi connectivity index (χ1) is 9.61. The summed E-state index contributed by atoms with van der Waals surface area (Å²) in [4.78, 5) is 27.2. The van der Waals surface area contributed by atoms with Gasteiger partial charge in [-0.05, 0) is 25.1 Å². The molecule has 1 heterocycles. The summed E-state index contributed by atoms with van der Waals surface area (Å²) in [6, 6.07) is 6.92. The third-order valence-corrected chi connectivity index (χ3v) is 3.23. The van der Waals surface area contributed by atoms with Crippen LogP contribution in [0.3, 0.4) is 0 Å². The predicted molar refractivity (Wildman–Crippen MR) is 75.4 cm³/mol. The molecule has 0 radical (unpaired) electrons. The molecular weight excluding hydrogens is 258 g/mol. The van der Waals surface area contributed by atoms with Crippen LogP contribution in [0.15, 0.2) is 24.3 Å². The van der Waals surface area contributed by atoms with Gasteiger partial charge in [0.15, 0.2) is 0 Å². The van der Waals surface area contributed by atoms with Gasteiger partial charge in [0.25, 0.3) is 5.91 Å². The molecular formula is C14H19N3O3. The maximum absolute atomic E-state index is 12.3. The first-order valence-electron chi connectivity index (χ1n) is 6.68. The quantitative estimate of drug-likeness (QED) is 0.824. The number of hydrogen-bond acceptors (Lipinski definition) is 4. The molecule has 2 rings (SSSR count). The number of carbonyl (C=O) groups excluding carboxylic acids is 2. The summed E-state index contributed by atoms with van der Waals surface area (Å²) < 4.78 is 4.94. The molecule has 0 aromatic heterocycles. The van der Waals surface area contributed by atoms with Gasteiger partial charge >= 0.3 is 6.09 Å². The Labute approximate surface area is 118 Å². The molecule has 2 N–H and O–H groups in total. The molecule has 0 saturated carbocycles. The summed E-state index contributed by atoms with van der Waals surface area (Å²) in [6.45, 7) is 4.14. The van der Waals surface area contributed by atoms with Crippen LogP contribution in [0.25, 0.3) is 0 Å². The zero-order valence-electron chi connectivity index (χ0n) is 11.5. The fraction of sp³-hybridized carbons (Fsp3) is 0.429. The molecule has 1 fully saturated rings. The van der Waals surface area contributed by atoms with Crippen molar-refractivity contribution in [2.24, 2.45) is 0 Å². The van der Waals surface area contributed by atoms with E-state index in [-0.39, 0.29) is 12.0 Å². The van der Waals surface area contributed by atoms with E-state index < -0.39 is 0 Å². The number of ether oxygens (including phenoxy) is 1. The minimum atomic E-state index is -0.316. The molecule has 0 bridgehead atoms. The lowest BCUT2D eigenvalue weighted by atomic mass is 10.1. The molecule has 0 aliphatic carbocycles. The Balaban J connectivity index is 1.93. The number of anilines is 1. The zero-order valence-corrected chi connectivity index (χ0v) is 11.5. The second-order valence-electron chi connectivity index (χ2n) is 4.60. The SMILES string of the molecule is CCOC(=O)N1CCN(C(=O)c2cccc(N)c2)CC1. The molecule has 0 unspecified atom stereocenters. The number of nitrogen functional groups attached to an aromatic ring is 1. The standard InChI is InChI=1S/C14H19N3O3/c1-2-20-14(19)17-8-6-16(7-9-17)13(18)11-4-3-5-12(15)10-11/h3-5,10H,2,6-9,15H2,1H3. The predicted octanol–water partition coefficient (Wildman–Crippen LogP) is 1.18. The molecule has 1 aromatic rings. The van der Waals surface area contributed by atoms with Crippen molar-refractivity contribution in [2.45, 2.75) is 6.92 Å². The third-order valence-electron chi connectivity index (χ3n) is 3.23. The zero-order chi connectivity index (χ0) is 14.5. The molecule has 6 heteroatoms. The first kappa shape index (κ1) is 14.2. The van der Waals surface area contributed by atoms with Crippen LogP contribution in [0.5, 0.6) is 0 Å². The Bertz CT molecular complexity index is 496. The normalized spacial score (nSPS) is 15.1. The van der Waals surface area contributed by atoms with E-state index in [9.17, 15) is 9.59 Å². The lowest BCUT2D eigenvalue weighted by molar-refractivity contribution is 0.0570. The van der Waals surface area contributed by atoms with Gasteiger partial charge in [-0.1, -0.05) is 6.07 Å². The highest BCUT2D eigenvalue weighted by Crippen LogP contribution is 2.12. The Morgan fingerprint density at radius 2 is 1.85 bits per heavy atom. The maximum Gasteiger partial charge on any atom is 0.409 e. The number of nitrogens with zero attached hydrogens (tertiary/aromatic N) is 2. The first-order valence-corrected chi connectivity index (χ1v) is 6.68. The molecule has 2 amide bonds. The van der Waals surface area contributed by atoms with Gasteiger partial charge < -0.3 is 20.3 Å². The van der Waals surface area contributed by atoms with Crippen LogP contribution < -0.4 is 5.73 Å². The highest BCUT2D eigenvalue weighted by atomic mass is 16.6. The Kier molecular flexibility index (Phi) is 4.45. The largest absolute Gasteiger partial charge is 0.450 e. The van der Waals surface area contributed by atoms with Crippen molar-refractivity contribution in [1.29, 1.82) is 0 Å². The smallest absolute Gasteiger partial charge is 0.409 e. The number of rotatable bonds is 2. The summed E-state index contributed by atoms with van der Waals surface area (Å²) in [5.41, 5.74) is 6.83. The fourth-order valence-electron chi connectivity index (χ4n) is 2.16. The molecule has 1 aliphatic heterocycles. The summed E-state index contributed by atoms with van der Waals surface area (Å²) in [5.74, 6) is -0.0548. The van der Waals surface area contributed by atoms with E-state index in [1.54, 1.807) is 41.0 Å². The molecule has 1 aliphatic rings. The average Bonchev–Trinajstić information content (AvgIpc) is 2.47. The van der Waals surface area contributed by atoms with Crippen LogP contribution in [0, 0.1) is 0 Å². The monoisotopic (exact) mass is 277 g/mol. The van der Waals surface area contributed by atoms with Crippen molar-refractivity contribution < 1.29 is 14.3 Å². The van der Waals surface area contributed by atoms with Crippen LogP contribution in [0.2, 0.25) is 0 Å². The van der Waals surface area contributed by atoms with E-state index in [1.807, 2.05) is 0 Å². The number of hydrogen-bond donors (Lipinski definition) is 1. The van der Waals surface area contributed by atoms with E-state index in [1.165, 1.54) is 0 Å². The minimum Gasteiger partial charge on any atom is -0.450 e. The minimum absolute atomic E-state index is 0.0548. The topological polar surface area (TPSA) is 75.9 Å². The van der Waals surface area contributed by atoms with E-state index in [4.69, 9.17) is 10.5 Å². The Hall–Kier alpha value is -2.24.